The lowest BCUT2D eigenvalue weighted by Gasteiger charge is -2.12. The van der Waals surface area contributed by atoms with E-state index >= 15 is 0 Å². The molecule has 102 valence electrons. The van der Waals surface area contributed by atoms with Gasteiger partial charge in [-0.3, -0.25) is 9.52 Å². The Labute approximate surface area is 112 Å². The van der Waals surface area contributed by atoms with Crippen molar-refractivity contribution in [1.82, 2.24) is 0 Å². The lowest BCUT2D eigenvalue weighted by atomic mass is 10.2. The second-order valence-electron chi connectivity index (χ2n) is 3.70. The highest BCUT2D eigenvalue weighted by molar-refractivity contribution is 7.92. The van der Waals surface area contributed by atoms with Gasteiger partial charge >= 0.3 is 0 Å². The van der Waals surface area contributed by atoms with Gasteiger partial charge in [-0.2, -0.15) is 0 Å². The Morgan fingerprint density at radius 2 is 1.78 bits per heavy atom. The molecule has 18 heavy (non-hydrogen) atoms. The highest BCUT2D eigenvalue weighted by Crippen LogP contribution is 2.21. The third kappa shape index (κ3) is 5.35. The SMILES string of the molecule is C[C@@H](N)C(=O)Nc1ccccc1NS(C)(=O)=O.Cl. The average Bonchev–Trinajstić information content (AvgIpc) is 2.18. The number of hydrogen-bond acceptors (Lipinski definition) is 4. The Morgan fingerprint density at radius 1 is 1.28 bits per heavy atom. The zero-order chi connectivity index (χ0) is 13.1. The zero-order valence-electron chi connectivity index (χ0n) is 10.0. The molecule has 8 heteroatoms. The predicted octanol–water partition coefficient (Wildman–Crippen LogP) is 0.766. The predicted molar refractivity (Wildman–Crippen MR) is 74.4 cm³/mol. The highest BCUT2D eigenvalue weighted by Gasteiger charge is 2.11. The number of nitrogens with one attached hydrogen (secondary N) is 2. The van der Waals surface area contributed by atoms with Crippen LogP contribution in [0.3, 0.4) is 0 Å². The van der Waals surface area contributed by atoms with E-state index in [1.54, 1.807) is 31.2 Å². The Morgan fingerprint density at radius 3 is 2.22 bits per heavy atom. The summed E-state index contributed by atoms with van der Waals surface area (Å²) in [5.41, 5.74) is 6.09. The van der Waals surface area contributed by atoms with Crippen LogP contribution in [0, 0.1) is 0 Å². The topological polar surface area (TPSA) is 101 Å². The smallest absolute Gasteiger partial charge is 0.241 e. The van der Waals surface area contributed by atoms with E-state index in [0.29, 0.717) is 11.4 Å². The third-order valence-corrected chi connectivity index (χ3v) is 2.48. The normalized spacial score (nSPS) is 12.2. The lowest BCUT2D eigenvalue weighted by molar-refractivity contribution is -0.117. The number of carbonyl (C=O) groups excluding carboxylic acids is 1. The van der Waals surface area contributed by atoms with Crippen molar-refractivity contribution >= 4 is 39.7 Å². The van der Waals surface area contributed by atoms with Gasteiger partial charge in [-0.15, -0.1) is 12.4 Å². The van der Waals surface area contributed by atoms with Crippen molar-refractivity contribution in [1.29, 1.82) is 0 Å². The molecule has 0 aliphatic heterocycles. The standard InChI is InChI=1S/C10H15N3O3S.ClH/c1-7(11)10(14)12-8-5-3-4-6-9(8)13-17(2,15)16;/h3-7,13H,11H2,1-2H3,(H,12,14);1H/t7-;/m1./s1. The minimum absolute atomic E-state index is 0. The number of rotatable bonds is 4. The maximum atomic E-state index is 11.4. The van der Waals surface area contributed by atoms with Crippen molar-refractivity contribution < 1.29 is 13.2 Å². The number of para-hydroxylation sites is 2. The first-order valence-electron chi connectivity index (χ1n) is 4.93. The average molecular weight is 294 g/mol. The summed E-state index contributed by atoms with van der Waals surface area (Å²) in [7, 11) is -3.39. The monoisotopic (exact) mass is 293 g/mol. The first-order chi connectivity index (χ1) is 7.79. The van der Waals surface area contributed by atoms with Crippen LogP contribution >= 0.6 is 12.4 Å². The summed E-state index contributed by atoms with van der Waals surface area (Å²) in [6.07, 6.45) is 1.04. The molecule has 6 nitrogen and oxygen atoms in total. The van der Waals surface area contributed by atoms with E-state index < -0.39 is 16.1 Å². The molecule has 0 spiro atoms. The van der Waals surface area contributed by atoms with Crippen LogP contribution in [0.1, 0.15) is 6.92 Å². The van der Waals surface area contributed by atoms with Crippen molar-refractivity contribution in [2.45, 2.75) is 13.0 Å². The van der Waals surface area contributed by atoms with Crippen LogP contribution in [0.4, 0.5) is 11.4 Å². The number of nitrogens with two attached hydrogens (primary N) is 1. The molecule has 0 unspecified atom stereocenters. The van der Waals surface area contributed by atoms with E-state index in [1.807, 2.05) is 0 Å². The molecule has 0 saturated heterocycles. The Balaban J connectivity index is 0.00000289. The van der Waals surface area contributed by atoms with Gasteiger partial charge in [-0.1, -0.05) is 12.1 Å². The van der Waals surface area contributed by atoms with Crippen LogP contribution in [0.15, 0.2) is 24.3 Å². The maximum absolute atomic E-state index is 11.4. The Kier molecular flexibility index (Phi) is 6.10. The lowest BCUT2D eigenvalue weighted by Crippen LogP contribution is -2.32. The number of sulfonamides is 1. The number of halogens is 1. The molecule has 0 bridgehead atoms. The molecule has 4 N–H and O–H groups in total. The van der Waals surface area contributed by atoms with Crippen molar-refractivity contribution in [2.75, 3.05) is 16.3 Å². The molecule has 1 amide bonds. The Hall–Kier alpha value is -1.31. The van der Waals surface area contributed by atoms with Gasteiger partial charge in [-0.25, -0.2) is 8.42 Å². The summed E-state index contributed by atoms with van der Waals surface area (Å²) in [5, 5.41) is 2.54. The first kappa shape index (κ1) is 16.7. The molecule has 1 atom stereocenters. The number of amides is 1. The third-order valence-electron chi connectivity index (χ3n) is 1.89. The fraction of sp³-hybridized carbons (Fsp3) is 0.300. The molecule has 0 aromatic heterocycles. The second kappa shape index (κ2) is 6.58. The van der Waals surface area contributed by atoms with Crippen LogP contribution in [0.25, 0.3) is 0 Å². The van der Waals surface area contributed by atoms with Crippen LogP contribution in [-0.4, -0.2) is 26.6 Å². The molecule has 0 saturated carbocycles. The molecule has 1 aromatic rings. The molecular weight excluding hydrogens is 278 g/mol. The van der Waals surface area contributed by atoms with Crippen molar-refractivity contribution in [3.8, 4) is 0 Å². The van der Waals surface area contributed by atoms with Crippen LogP contribution in [-0.2, 0) is 14.8 Å². The van der Waals surface area contributed by atoms with E-state index in [4.69, 9.17) is 5.73 Å². The highest BCUT2D eigenvalue weighted by atomic mass is 35.5. The van der Waals surface area contributed by atoms with Gasteiger partial charge in [0.1, 0.15) is 0 Å². The van der Waals surface area contributed by atoms with Crippen molar-refractivity contribution in [2.24, 2.45) is 5.73 Å². The number of carbonyl (C=O) groups is 1. The van der Waals surface area contributed by atoms with Gasteiger partial charge in [0, 0.05) is 0 Å². The quantitative estimate of drug-likeness (QED) is 0.763. The molecule has 1 rings (SSSR count). The molecular formula is C10H16ClN3O3S. The van der Waals surface area contributed by atoms with Gasteiger partial charge in [-0.05, 0) is 19.1 Å². The molecule has 0 fully saturated rings. The summed E-state index contributed by atoms with van der Waals surface area (Å²) < 4.78 is 24.6. The minimum Gasteiger partial charge on any atom is -0.323 e. The van der Waals surface area contributed by atoms with Gasteiger partial charge in [0.05, 0.1) is 23.7 Å². The van der Waals surface area contributed by atoms with E-state index in [0.717, 1.165) is 6.26 Å². The van der Waals surface area contributed by atoms with Crippen LogP contribution in [0.2, 0.25) is 0 Å². The van der Waals surface area contributed by atoms with E-state index in [2.05, 4.69) is 10.0 Å². The van der Waals surface area contributed by atoms with Crippen LogP contribution in [0.5, 0.6) is 0 Å². The minimum atomic E-state index is -3.39. The van der Waals surface area contributed by atoms with Gasteiger partial charge in [0.25, 0.3) is 0 Å². The van der Waals surface area contributed by atoms with E-state index in [1.165, 1.54) is 0 Å². The van der Waals surface area contributed by atoms with E-state index in [-0.39, 0.29) is 18.3 Å². The second-order valence-corrected chi connectivity index (χ2v) is 5.45. The van der Waals surface area contributed by atoms with Gasteiger partial charge in [0.2, 0.25) is 15.9 Å². The summed E-state index contributed by atoms with van der Waals surface area (Å²) in [6, 6.07) is 5.83. The molecule has 1 aromatic carbocycles. The number of anilines is 2. The molecule has 0 aliphatic rings. The zero-order valence-corrected chi connectivity index (χ0v) is 11.6. The molecule has 0 radical (unpaired) electrons. The fourth-order valence-corrected chi connectivity index (χ4v) is 1.70. The van der Waals surface area contributed by atoms with Gasteiger partial charge in [0.15, 0.2) is 0 Å². The first-order valence-corrected chi connectivity index (χ1v) is 6.82. The summed E-state index contributed by atoms with van der Waals surface area (Å²) in [5.74, 6) is -0.382. The van der Waals surface area contributed by atoms with E-state index in [9.17, 15) is 13.2 Å². The number of benzene rings is 1. The summed E-state index contributed by atoms with van der Waals surface area (Å²) >= 11 is 0. The van der Waals surface area contributed by atoms with Crippen molar-refractivity contribution in [3.05, 3.63) is 24.3 Å². The van der Waals surface area contributed by atoms with Crippen molar-refractivity contribution in [3.63, 3.8) is 0 Å². The Bertz CT molecular complexity index is 517. The van der Waals surface area contributed by atoms with Crippen LogP contribution < -0.4 is 15.8 Å². The summed E-state index contributed by atoms with van der Waals surface area (Å²) in [4.78, 5) is 11.4. The fourth-order valence-electron chi connectivity index (χ4n) is 1.13. The largest absolute Gasteiger partial charge is 0.323 e. The molecule has 0 heterocycles. The number of hydrogen-bond donors (Lipinski definition) is 3. The van der Waals surface area contributed by atoms with Gasteiger partial charge < -0.3 is 11.1 Å². The maximum Gasteiger partial charge on any atom is 0.241 e. The molecule has 0 aliphatic carbocycles. The summed E-state index contributed by atoms with van der Waals surface area (Å²) in [6.45, 7) is 1.54.